The van der Waals surface area contributed by atoms with Crippen molar-refractivity contribution in [3.05, 3.63) is 24.3 Å². The van der Waals surface area contributed by atoms with E-state index in [1.807, 2.05) is 43.3 Å². The zero-order chi connectivity index (χ0) is 22.4. The molecule has 4 fully saturated rings. The number of nitrogens with one attached hydrogen (secondary N) is 2. The number of carbonyl (C=O) groups is 3. The molecule has 3 atom stereocenters. The number of nitrogens with zero attached hydrogens (tertiary/aromatic N) is 1. The second kappa shape index (κ2) is 7.84. The minimum absolute atomic E-state index is 0.0431. The summed E-state index contributed by atoms with van der Waals surface area (Å²) < 4.78 is 5.71. The van der Waals surface area contributed by atoms with E-state index in [9.17, 15) is 14.4 Å². The molecule has 5 rings (SSSR count). The molecule has 1 aromatic carbocycles. The number of ether oxygens (including phenoxy) is 1. The summed E-state index contributed by atoms with van der Waals surface area (Å²) in [5.74, 6) is 0.188. The number of hydrogen-bond acceptors (Lipinski definition) is 5. The van der Waals surface area contributed by atoms with Crippen molar-refractivity contribution in [3.63, 3.8) is 0 Å². The number of anilines is 2. The molecule has 0 aliphatic heterocycles. The first-order valence-corrected chi connectivity index (χ1v) is 11.2. The van der Waals surface area contributed by atoms with Crippen LogP contribution in [0.2, 0.25) is 0 Å². The highest BCUT2D eigenvalue weighted by molar-refractivity contribution is 5.95. The molecule has 3 unspecified atom stereocenters. The van der Waals surface area contributed by atoms with E-state index in [0.717, 1.165) is 37.8 Å². The molecule has 2 N–H and O–H groups in total. The average molecular weight is 428 g/mol. The van der Waals surface area contributed by atoms with Gasteiger partial charge in [0.1, 0.15) is 0 Å². The van der Waals surface area contributed by atoms with Gasteiger partial charge in [0.2, 0.25) is 5.91 Å². The fraction of sp³-hybridized carbons (Fsp3) is 0.625. The molecule has 2 amide bonds. The monoisotopic (exact) mass is 427 g/mol. The summed E-state index contributed by atoms with van der Waals surface area (Å²) in [6.07, 6.45) is 4.33. The van der Waals surface area contributed by atoms with E-state index in [-0.39, 0.29) is 23.3 Å². The highest BCUT2D eigenvalue weighted by Gasteiger charge is 2.61. The molecule has 31 heavy (non-hydrogen) atoms. The van der Waals surface area contributed by atoms with Crippen molar-refractivity contribution < 1.29 is 19.1 Å². The van der Waals surface area contributed by atoms with Gasteiger partial charge in [0.15, 0.2) is 6.10 Å². The quantitative estimate of drug-likeness (QED) is 0.681. The van der Waals surface area contributed by atoms with Gasteiger partial charge in [-0.2, -0.15) is 0 Å². The van der Waals surface area contributed by atoms with Crippen molar-refractivity contribution >= 4 is 29.2 Å². The third kappa shape index (κ3) is 4.27. The molecular weight excluding hydrogens is 394 g/mol. The zero-order valence-corrected chi connectivity index (χ0v) is 18.9. The molecule has 0 aromatic heterocycles. The van der Waals surface area contributed by atoms with E-state index in [1.54, 1.807) is 13.8 Å². The van der Waals surface area contributed by atoms with E-state index in [2.05, 4.69) is 10.6 Å². The first kappa shape index (κ1) is 21.7. The predicted molar refractivity (Wildman–Crippen MR) is 119 cm³/mol. The summed E-state index contributed by atoms with van der Waals surface area (Å²) in [6, 6.07) is 7.50. The number of rotatable bonds is 6. The van der Waals surface area contributed by atoms with E-state index in [1.165, 1.54) is 0 Å². The Morgan fingerprint density at radius 3 is 2.23 bits per heavy atom. The summed E-state index contributed by atoms with van der Waals surface area (Å²) in [5.41, 5.74) is 0.813. The van der Waals surface area contributed by atoms with Gasteiger partial charge in [-0.25, -0.2) is 0 Å². The zero-order valence-electron chi connectivity index (χ0n) is 18.9. The summed E-state index contributed by atoms with van der Waals surface area (Å²) in [7, 11) is 3.91. The second-order valence-electron chi connectivity index (χ2n) is 10.2. The Bertz CT molecular complexity index is 865. The van der Waals surface area contributed by atoms with E-state index >= 15 is 0 Å². The van der Waals surface area contributed by atoms with Gasteiger partial charge in [0, 0.05) is 37.9 Å². The SMILES string of the molecule is CC(=O)NC12CC3CC(C1)CC(C(=O)OC(C)C(=O)Nc1ccc(N(C)C)cc1)(C3)C2. The van der Waals surface area contributed by atoms with Gasteiger partial charge in [-0.3, -0.25) is 14.4 Å². The van der Waals surface area contributed by atoms with Crippen molar-refractivity contribution in [1.82, 2.24) is 5.32 Å². The Morgan fingerprint density at radius 2 is 1.68 bits per heavy atom. The summed E-state index contributed by atoms with van der Waals surface area (Å²) in [5, 5.41) is 5.99. The van der Waals surface area contributed by atoms with Gasteiger partial charge in [0.05, 0.1) is 5.41 Å². The lowest BCUT2D eigenvalue weighted by atomic mass is 9.47. The topological polar surface area (TPSA) is 87.7 Å². The smallest absolute Gasteiger partial charge is 0.312 e. The lowest BCUT2D eigenvalue weighted by Crippen LogP contribution is -2.65. The largest absolute Gasteiger partial charge is 0.452 e. The van der Waals surface area contributed by atoms with Crippen LogP contribution >= 0.6 is 0 Å². The second-order valence-corrected chi connectivity index (χ2v) is 10.2. The third-order valence-electron chi connectivity index (χ3n) is 7.24. The van der Waals surface area contributed by atoms with Crippen molar-refractivity contribution in [3.8, 4) is 0 Å². The third-order valence-corrected chi connectivity index (χ3v) is 7.24. The number of esters is 1. The number of carbonyl (C=O) groups excluding carboxylic acids is 3. The van der Waals surface area contributed by atoms with Crippen LogP contribution in [0.15, 0.2) is 24.3 Å². The van der Waals surface area contributed by atoms with Crippen LogP contribution in [-0.2, 0) is 19.1 Å². The molecule has 4 aliphatic rings. The molecule has 4 bridgehead atoms. The van der Waals surface area contributed by atoms with E-state index < -0.39 is 11.5 Å². The minimum Gasteiger partial charge on any atom is -0.452 e. The van der Waals surface area contributed by atoms with Gasteiger partial charge in [0.25, 0.3) is 5.91 Å². The van der Waals surface area contributed by atoms with Crippen LogP contribution in [-0.4, -0.2) is 43.5 Å². The minimum atomic E-state index is -0.884. The standard InChI is InChI=1S/C24H33N3O4/c1-15(21(29)25-19-5-7-20(8-6-19)27(3)4)31-22(30)23-10-17-9-18(11-23)13-24(12-17,14-23)26-16(2)28/h5-8,15,17-18H,9-14H2,1-4H3,(H,25,29)(H,26,28). The van der Waals surface area contributed by atoms with Crippen LogP contribution in [0.25, 0.3) is 0 Å². The maximum Gasteiger partial charge on any atom is 0.312 e. The Hall–Kier alpha value is -2.57. The molecular formula is C24H33N3O4. The molecule has 1 aromatic rings. The Balaban J connectivity index is 1.41. The van der Waals surface area contributed by atoms with Gasteiger partial charge in [-0.05, 0) is 81.5 Å². The Labute approximate surface area is 183 Å². The average Bonchev–Trinajstić information content (AvgIpc) is 2.66. The molecule has 4 aliphatic carbocycles. The van der Waals surface area contributed by atoms with Crippen molar-refractivity contribution in [1.29, 1.82) is 0 Å². The normalized spacial score (nSPS) is 31.6. The molecule has 168 valence electrons. The van der Waals surface area contributed by atoms with Crippen molar-refractivity contribution in [2.75, 3.05) is 24.3 Å². The van der Waals surface area contributed by atoms with E-state index in [4.69, 9.17) is 4.74 Å². The fourth-order valence-corrected chi connectivity index (χ4v) is 6.45. The predicted octanol–water partition coefficient (Wildman–Crippen LogP) is 3.10. The maximum absolute atomic E-state index is 13.3. The summed E-state index contributed by atoms with van der Waals surface area (Å²) in [6.45, 7) is 3.16. The van der Waals surface area contributed by atoms with Gasteiger partial charge < -0.3 is 20.3 Å². The Kier molecular flexibility index (Phi) is 5.48. The molecule has 0 saturated heterocycles. The molecule has 0 radical (unpaired) electrons. The van der Waals surface area contributed by atoms with Gasteiger partial charge >= 0.3 is 5.97 Å². The Morgan fingerprint density at radius 1 is 1.06 bits per heavy atom. The van der Waals surface area contributed by atoms with Crippen LogP contribution in [0.5, 0.6) is 0 Å². The van der Waals surface area contributed by atoms with Crippen LogP contribution < -0.4 is 15.5 Å². The number of benzene rings is 1. The van der Waals surface area contributed by atoms with Crippen LogP contribution in [0.4, 0.5) is 11.4 Å². The lowest BCUT2D eigenvalue weighted by Gasteiger charge is -2.60. The van der Waals surface area contributed by atoms with Gasteiger partial charge in [-0.1, -0.05) is 0 Å². The van der Waals surface area contributed by atoms with Crippen molar-refractivity contribution in [2.45, 2.75) is 64.0 Å². The first-order chi connectivity index (χ1) is 14.6. The van der Waals surface area contributed by atoms with Crippen LogP contribution in [0.3, 0.4) is 0 Å². The molecule has 0 spiro atoms. The molecule has 7 heteroatoms. The first-order valence-electron chi connectivity index (χ1n) is 11.2. The van der Waals surface area contributed by atoms with Gasteiger partial charge in [-0.15, -0.1) is 0 Å². The van der Waals surface area contributed by atoms with Crippen LogP contribution in [0, 0.1) is 17.3 Å². The molecule has 7 nitrogen and oxygen atoms in total. The van der Waals surface area contributed by atoms with E-state index in [0.29, 0.717) is 23.9 Å². The lowest BCUT2D eigenvalue weighted by molar-refractivity contribution is -0.181. The summed E-state index contributed by atoms with van der Waals surface area (Å²) >= 11 is 0. The summed E-state index contributed by atoms with van der Waals surface area (Å²) in [4.78, 5) is 39.7. The maximum atomic E-state index is 13.3. The highest BCUT2D eigenvalue weighted by Crippen LogP contribution is 2.62. The van der Waals surface area contributed by atoms with Crippen molar-refractivity contribution in [2.24, 2.45) is 17.3 Å². The number of hydrogen-bond donors (Lipinski definition) is 2. The molecule has 4 saturated carbocycles. The fourth-order valence-electron chi connectivity index (χ4n) is 6.45. The number of amides is 2. The molecule has 0 heterocycles. The highest BCUT2D eigenvalue weighted by atomic mass is 16.5. The van der Waals surface area contributed by atoms with Crippen LogP contribution in [0.1, 0.15) is 52.4 Å².